The second-order valence-corrected chi connectivity index (χ2v) is 12.3. The van der Waals surface area contributed by atoms with Crippen molar-refractivity contribution in [3.8, 4) is 23.0 Å². The SMILES string of the molecule is CCOC(=O)C1=C(C)N=c2s/c(=C\c3ccc(OCc4ccccc4Cl)c(OCC)c3)c(=O)n2[C@@H]1c1cc(OC)c(OC)cc1Br. The zero-order valence-electron chi connectivity index (χ0n) is 25.9. The van der Waals surface area contributed by atoms with Crippen molar-refractivity contribution >= 4 is 50.9 Å². The van der Waals surface area contributed by atoms with Crippen LogP contribution in [0.25, 0.3) is 6.08 Å². The second kappa shape index (κ2) is 14.6. The minimum absolute atomic E-state index is 0.167. The number of hydrogen-bond acceptors (Lipinski definition) is 9. The largest absolute Gasteiger partial charge is 0.493 e. The first-order chi connectivity index (χ1) is 22.2. The number of methoxy groups -OCH3 is 2. The molecule has 3 aromatic carbocycles. The first-order valence-electron chi connectivity index (χ1n) is 14.4. The van der Waals surface area contributed by atoms with Gasteiger partial charge in [0, 0.05) is 15.1 Å². The molecule has 4 aromatic rings. The minimum atomic E-state index is -0.841. The Bertz CT molecular complexity index is 2000. The highest BCUT2D eigenvalue weighted by atomic mass is 79.9. The molecule has 0 N–H and O–H groups in total. The van der Waals surface area contributed by atoms with Gasteiger partial charge in [-0.3, -0.25) is 9.36 Å². The summed E-state index contributed by atoms with van der Waals surface area (Å²) in [6.45, 7) is 6.21. The van der Waals surface area contributed by atoms with Crippen molar-refractivity contribution in [1.82, 2.24) is 4.57 Å². The van der Waals surface area contributed by atoms with Crippen molar-refractivity contribution < 1.29 is 28.5 Å². The molecule has 0 aliphatic carbocycles. The van der Waals surface area contributed by atoms with Crippen LogP contribution in [0.2, 0.25) is 5.02 Å². The van der Waals surface area contributed by atoms with Gasteiger partial charge in [-0.05, 0) is 68.3 Å². The monoisotopic (exact) mass is 726 g/mol. The van der Waals surface area contributed by atoms with Gasteiger partial charge in [0.1, 0.15) is 6.61 Å². The summed E-state index contributed by atoms with van der Waals surface area (Å²) in [4.78, 5) is 32.6. The summed E-state index contributed by atoms with van der Waals surface area (Å²) in [5, 5.41) is 0.618. The number of fused-ring (bicyclic) bond motifs is 1. The number of halogens is 2. The Labute approximate surface area is 283 Å². The van der Waals surface area contributed by atoms with Crippen LogP contribution in [-0.4, -0.2) is 38.0 Å². The zero-order chi connectivity index (χ0) is 33.0. The van der Waals surface area contributed by atoms with Crippen molar-refractivity contribution in [2.75, 3.05) is 27.4 Å². The Morgan fingerprint density at radius 1 is 1.00 bits per heavy atom. The molecule has 0 radical (unpaired) electrons. The lowest BCUT2D eigenvalue weighted by atomic mass is 9.95. The van der Waals surface area contributed by atoms with Gasteiger partial charge in [-0.1, -0.05) is 63.1 Å². The van der Waals surface area contributed by atoms with Gasteiger partial charge in [0.25, 0.3) is 5.56 Å². The summed E-state index contributed by atoms with van der Waals surface area (Å²) in [6, 6.07) is 15.6. The summed E-state index contributed by atoms with van der Waals surface area (Å²) in [6.07, 6.45) is 1.77. The van der Waals surface area contributed by atoms with Gasteiger partial charge < -0.3 is 23.7 Å². The maximum Gasteiger partial charge on any atom is 0.338 e. The highest BCUT2D eigenvalue weighted by Crippen LogP contribution is 2.41. The molecule has 1 atom stereocenters. The summed E-state index contributed by atoms with van der Waals surface area (Å²) >= 11 is 11.2. The van der Waals surface area contributed by atoms with E-state index in [4.69, 9.17) is 35.3 Å². The van der Waals surface area contributed by atoms with E-state index < -0.39 is 12.0 Å². The maximum absolute atomic E-state index is 14.2. The molecule has 0 amide bonds. The molecular weight excluding hydrogens is 696 g/mol. The molecular formula is C34H32BrClN2O7S. The van der Waals surface area contributed by atoms with Gasteiger partial charge in [0.15, 0.2) is 27.8 Å². The first-order valence-corrected chi connectivity index (χ1v) is 16.4. The predicted molar refractivity (Wildman–Crippen MR) is 181 cm³/mol. The molecule has 12 heteroatoms. The number of esters is 1. The van der Waals surface area contributed by atoms with Gasteiger partial charge in [0.05, 0.1) is 49.3 Å². The molecule has 5 rings (SSSR count). The van der Waals surface area contributed by atoms with E-state index in [2.05, 4.69) is 20.9 Å². The Hall–Kier alpha value is -4.06. The van der Waals surface area contributed by atoms with Crippen LogP contribution in [0.3, 0.4) is 0 Å². The van der Waals surface area contributed by atoms with Gasteiger partial charge in [0.2, 0.25) is 0 Å². The topological polar surface area (TPSA) is 97.6 Å². The van der Waals surface area contributed by atoms with Crippen LogP contribution in [0, 0.1) is 0 Å². The Balaban J connectivity index is 1.61. The molecule has 1 aliphatic heterocycles. The van der Waals surface area contributed by atoms with Crippen molar-refractivity contribution in [2.45, 2.75) is 33.4 Å². The lowest BCUT2D eigenvalue weighted by molar-refractivity contribution is -0.139. The third-order valence-corrected chi connectivity index (χ3v) is 9.26. The number of allylic oxidation sites excluding steroid dienone is 1. The summed E-state index contributed by atoms with van der Waals surface area (Å²) in [5.41, 5.74) is 2.58. The molecule has 0 spiro atoms. The minimum Gasteiger partial charge on any atom is -0.493 e. The highest BCUT2D eigenvalue weighted by molar-refractivity contribution is 9.10. The van der Waals surface area contributed by atoms with Crippen molar-refractivity contribution in [3.05, 3.63) is 112 Å². The fourth-order valence-corrected chi connectivity index (χ4v) is 6.87. The van der Waals surface area contributed by atoms with Crippen LogP contribution in [0.4, 0.5) is 0 Å². The van der Waals surface area contributed by atoms with Crippen LogP contribution in [-0.2, 0) is 16.1 Å². The fraction of sp³-hybridized carbons (Fsp3) is 0.265. The molecule has 0 saturated heterocycles. The number of carbonyl (C=O) groups excluding carboxylic acids is 1. The van der Waals surface area contributed by atoms with Crippen LogP contribution >= 0.6 is 38.9 Å². The lowest BCUT2D eigenvalue weighted by Crippen LogP contribution is -2.40. The molecule has 2 heterocycles. The zero-order valence-corrected chi connectivity index (χ0v) is 29.0. The van der Waals surface area contributed by atoms with Gasteiger partial charge >= 0.3 is 5.97 Å². The smallest absolute Gasteiger partial charge is 0.338 e. The van der Waals surface area contributed by atoms with Crippen molar-refractivity contribution in [1.29, 1.82) is 0 Å². The number of nitrogens with zero attached hydrogens (tertiary/aromatic N) is 2. The molecule has 0 bridgehead atoms. The third kappa shape index (κ3) is 6.72. The Kier molecular flexibility index (Phi) is 10.6. The molecule has 0 saturated carbocycles. The molecule has 0 fully saturated rings. The van der Waals surface area contributed by atoms with E-state index in [0.29, 0.717) is 59.7 Å². The van der Waals surface area contributed by atoms with E-state index in [-0.39, 0.29) is 24.3 Å². The molecule has 240 valence electrons. The van der Waals surface area contributed by atoms with E-state index in [9.17, 15) is 9.59 Å². The van der Waals surface area contributed by atoms with E-state index in [1.54, 1.807) is 38.1 Å². The van der Waals surface area contributed by atoms with E-state index in [0.717, 1.165) is 11.1 Å². The predicted octanol–water partition coefficient (Wildman–Crippen LogP) is 6.21. The number of rotatable bonds is 11. The van der Waals surface area contributed by atoms with Crippen LogP contribution in [0.5, 0.6) is 23.0 Å². The van der Waals surface area contributed by atoms with Gasteiger partial charge in [-0.15, -0.1) is 0 Å². The molecule has 0 unspecified atom stereocenters. The summed E-state index contributed by atoms with van der Waals surface area (Å²) < 4.78 is 31.0. The van der Waals surface area contributed by atoms with Crippen LogP contribution < -0.4 is 33.8 Å². The normalized spacial score (nSPS) is 14.4. The average Bonchev–Trinajstić information content (AvgIpc) is 3.34. The summed E-state index contributed by atoms with van der Waals surface area (Å²) in [7, 11) is 3.06. The molecule has 1 aliphatic rings. The number of hydrogen-bond donors (Lipinski definition) is 0. The number of aromatic nitrogens is 1. The number of carbonyl (C=O) groups is 1. The number of ether oxygens (including phenoxy) is 5. The standard InChI is InChI=1S/C34H32BrClN2O7S/c1-6-43-28-14-20(12-13-25(28)45-18-21-10-8-9-11-24(21)36)15-29-32(39)38-31(22-16-26(41-4)27(42-5)17-23(22)35)30(33(40)44-7-2)19(3)37-34(38)46-29/h8-17,31H,6-7,18H2,1-5H3/b29-15-/t31-/m1/s1. The maximum atomic E-state index is 14.2. The van der Waals surface area contributed by atoms with Gasteiger partial charge in [-0.2, -0.15) is 0 Å². The quantitative estimate of drug-likeness (QED) is 0.170. The lowest BCUT2D eigenvalue weighted by Gasteiger charge is -2.26. The first kappa shape index (κ1) is 33.3. The van der Waals surface area contributed by atoms with Crippen LogP contribution in [0.1, 0.15) is 43.5 Å². The van der Waals surface area contributed by atoms with Crippen LogP contribution in [0.15, 0.2) is 80.1 Å². The highest BCUT2D eigenvalue weighted by Gasteiger charge is 2.35. The second-order valence-electron chi connectivity index (χ2n) is 10.1. The molecule has 1 aromatic heterocycles. The third-order valence-electron chi connectivity index (χ3n) is 7.22. The van der Waals surface area contributed by atoms with E-state index in [1.165, 1.54) is 30.1 Å². The fourth-order valence-electron chi connectivity index (χ4n) is 5.09. The van der Waals surface area contributed by atoms with Gasteiger partial charge in [-0.25, -0.2) is 9.79 Å². The Morgan fingerprint density at radius 2 is 1.74 bits per heavy atom. The van der Waals surface area contributed by atoms with Crippen molar-refractivity contribution in [3.63, 3.8) is 0 Å². The Morgan fingerprint density at radius 3 is 2.43 bits per heavy atom. The summed E-state index contributed by atoms with van der Waals surface area (Å²) in [5.74, 6) is 1.46. The van der Waals surface area contributed by atoms with Crippen molar-refractivity contribution in [2.24, 2.45) is 4.99 Å². The molecule has 9 nitrogen and oxygen atoms in total. The number of benzene rings is 3. The molecule has 46 heavy (non-hydrogen) atoms. The van der Waals surface area contributed by atoms with E-state index >= 15 is 0 Å². The number of thiazole rings is 1. The van der Waals surface area contributed by atoms with E-state index in [1.807, 2.05) is 43.3 Å². The average molecular weight is 728 g/mol.